The molecule has 44 heavy (non-hydrogen) atoms. The number of imidazole rings is 1. The quantitative estimate of drug-likeness (QED) is 0.178. The second-order valence-electron chi connectivity index (χ2n) is 12.0. The number of carbonyl (C=O) groups is 2. The molecule has 0 saturated carbocycles. The third-order valence-corrected chi connectivity index (χ3v) is 9.62. The van der Waals surface area contributed by atoms with Crippen LogP contribution in [-0.2, 0) is 14.8 Å². The van der Waals surface area contributed by atoms with Crippen LogP contribution < -0.4 is 20.3 Å². The molecule has 5 rings (SSSR count). The van der Waals surface area contributed by atoms with Gasteiger partial charge in [-0.1, -0.05) is 39.0 Å². The maximum absolute atomic E-state index is 13.1. The highest BCUT2D eigenvalue weighted by Gasteiger charge is 2.52. The van der Waals surface area contributed by atoms with Crippen LogP contribution in [0.25, 0.3) is 11.2 Å². The summed E-state index contributed by atoms with van der Waals surface area (Å²) in [6, 6.07) is 18.7. The Morgan fingerprint density at radius 3 is 2.30 bits per heavy atom. The lowest BCUT2D eigenvalue weighted by Crippen LogP contribution is -2.67. The first-order valence-corrected chi connectivity index (χ1v) is 15.9. The van der Waals surface area contributed by atoms with Gasteiger partial charge in [-0.2, -0.15) is 9.71 Å². The van der Waals surface area contributed by atoms with Gasteiger partial charge in [-0.05, 0) is 66.8 Å². The zero-order valence-electron chi connectivity index (χ0n) is 24.9. The SMILES string of the molecule is CC(C)(C)[C@@](CNC(=O)c1ccc(N2CCC(Nc3nc4ncccc4[nH]3)CC2)cc1)(NS(=O)(=O)c1ccccc1)C(=O)O. The molecule has 0 aliphatic carbocycles. The van der Waals surface area contributed by atoms with Crippen LogP contribution >= 0.6 is 0 Å². The van der Waals surface area contributed by atoms with Crippen LogP contribution in [0.2, 0.25) is 0 Å². The van der Waals surface area contributed by atoms with Crippen molar-refractivity contribution in [2.24, 2.45) is 5.41 Å². The molecule has 1 fully saturated rings. The average Bonchev–Trinajstić information content (AvgIpc) is 3.41. The minimum Gasteiger partial charge on any atom is -0.480 e. The Bertz CT molecular complexity index is 1700. The lowest BCUT2D eigenvalue weighted by molar-refractivity contribution is -0.148. The van der Waals surface area contributed by atoms with Crippen molar-refractivity contribution < 1.29 is 23.1 Å². The number of fused-ring (bicyclic) bond motifs is 1. The van der Waals surface area contributed by atoms with Crippen LogP contribution in [0.4, 0.5) is 11.6 Å². The second-order valence-corrected chi connectivity index (χ2v) is 13.7. The highest BCUT2D eigenvalue weighted by Crippen LogP contribution is 2.32. The van der Waals surface area contributed by atoms with Crippen molar-refractivity contribution in [3.63, 3.8) is 0 Å². The number of hydrogen-bond donors (Lipinski definition) is 5. The number of benzene rings is 2. The number of carboxylic acid groups (broad SMARTS) is 1. The smallest absolute Gasteiger partial charge is 0.327 e. The van der Waals surface area contributed by atoms with Crippen LogP contribution in [0.5, 0.6) is 0 Å². The van der Waals surface area contributed by atoms with Gasteiger partial charge in [0.25, 0.3) is 5.91 Å². The number of carbonyl (C=O) groups excluding carboxylic acids is 1. The van der Waals surface area contributed by atoms with Gasteiger partial charge >= 0.3 is 5.97 Å². The van der Waals surface area contributed by atoms with E-state index in [-0.39, 0.29) is 10.9 Å². The molecule has 1 saturated heterocycles. The summed E-state index contributed by atoms with van der Waals surface area (Å²) in [5.74, 6) is -1.19. The van der Waals surface area contributed by atoms with Gasteiger partial charge in [0, 0.05) is 43.1 Å². The van der Waals surface area contributed by atoms with Crippen LogP contribution in [0.1, 0.15) is 44.0 Å². The van der Waals surface area contributed by atoms with E-state index in [1.165, 1.54) is 12.1 Å². The number of nitrogens with zero attached hydrogens (tertiary/aromatic N) is 3. The normalized spacial score (nSPS) is 15.9. The first-order chi connectivity index (χ1) is 20.9. The third-order valence-electron chi connectivity index (χ3n) is 8.11. The standard InChI is InChI=1S/C31H37N7O5S/c1-30(2,3)31(28(40)41,37-44(42,43)24-8-5-4-6-9-24)20-33-27(39)21-11-13-23(14-12-21)38-18-15-22(16-19-38)34-29-35-25-10-7-17-32-26(25)36-29/h4-14,17,22,37H,15-16,18-20H2,1-3H3,(H,33,39)(H,40,41)(H2,32,34,35,36)/t31-/m0/s1. The Morgan fingerprint density at radius 2 is 1.68 bits per heavy atom. The van der Waals surface area contributed by atoms with Crippen LogP contribution in [0, 0.1) is 5.41 Å². The van der Waals surface area contributed by atoms with Crippen LogP contribution in [0.15, 0.2) is 77.8 Å². The molecule has 1 aliphatic rings. The molecule has 13 heteroatoms. The van der Waals surface area contributed by atoms with Gasteiger partial charge < -0.3 is 25.6 Å². The Hall–Kier alpha value is -4.49. The van der Waals surface area contributed by atoms with E-state index in [1.807, 2.05) is 24.3 Å². The van der Waals surface area contributed by atoms with E-state index in [0.717, 1.165) is 37.1 Å². The molecule has 12 nitrogen and oxygen atoms in total. The molecule has 0 unspecified atom stereocenters. The molecule has 1 aliphatic heterocycles. The van der Waals surface area contributed by atoms with Crippen molar-refractivity contribution in [3.05, 3.63) is 78.5 Å². The van der Waals surface area contributed by atoms with E-state index in [9.17, 15) is 23.1 Å². The zero-order chi connectivity index (χ0) is 31.5. The van der Waals surface area contributed by atoms with Gasteiger partial charge in [-0.25, -0.2) is 13.4 Å². The number of H-pyrrole nitrogens is 1. The summed E-state index contributed by atoms with van der Waals surface area (Å²) in [6.45, 7) is 6.01. The van der Waals surface area contributed by atoms with E-state index >= 15 is 0 Å². The Morgan fingerprint density at radius 1 is 1.00 bits per heavy atom. The molecule has 3 heterocycles. The Balaban J connectivity index is 1.20. The highest BCUT2D eigenvalue weighted by atomic mass is 32.2. The van der Waals surface area contributed by atoms with Crippen molar-refractivity contribution in [3.8, 4) is 0 Å². The van der Waals surface area contributed by atoms with Gasteiger partial charge in [0.1, 0.15) is 0 Å². The first kappa shape index (κ1) is 31.0. The molecule has 4 aromatic rings. The number of piperidine rings is 1. The van der Waals surface area contributed by atoms with Crippen LogP contribution in [-0.4, -0.2) is 71.6 Å². The molecule has 5 N–H and O–H groups in total. The Labute approximate surface area is 256 Å². The summed E-state index contributed by atoms with van der Waals surface area (Å²) in [5.41, 5.74) is -0.246. The number of amides is 1. The van der Waals surface area contributed by atoms with E-state index in [0.29, 0.717) is 17.2 Å². The van der Waals surface area contributed by atoms with Gasteiger partial charge in [0.15, 0.2) is 11.2 Å². The third kappa shape index (κ3) is 6.53. The minimum atomic E-state index is -4.20. The summed E-state index contributed by atoms with van der Waals surface area (Å²) in [5, 5.41) is 16.4. The van der Waals surface area contributed by atoms with Crippen molar-refractivity contribution in [1.82, 2.24) is 25.0 Å². The van der Waals surface area contributed by atoms with Gasteiger partial charge in [0.05, 0.1) is 10.4 Å². The number of aromatic amines is 1. The number of aliphatic carboxylic acids is 1. The Kier molecular flexibility index (Phi) is 8.62. The number of rotatable bonds is 10. The number of aromatic nitrogens is 3. The van der Waals surface area contributed by atoms with E-state index in [1.54, 1.807) is 57.3 Å². The molecular weight excluding hydrogens is 582 g/mol. The molecule has 0 radical (unpaired) electrons. The summed E-state index contributed by atoms with van der Waals surface area (Å²) >= 11 is 0. The minimum absolute atomic E-state index is 0.0663. The molecule has 0 spiro atoms. The molecule has 2 aromatic carbocycles. The van der Waals surface area contributed by atoms with Gasteiger partial charge in [0.2, 0.25) is 16.0 Å². The van der Waals surface area contributed by atoms with E-state index in [2.05, 4.69) is 35.2 Å². The largest absolute Gasteiger partial charge is 0.480 e. The lowest BCUT2D eigenvalue weighted by Gasteiger charge is -2.41. The molecular formula is C31H37N7O5S. The highest BCUT2D eigenvalue weighted by molar-refractivity contribution is 7.89. The maximum atomic E-state index is 13.1. The maximum Gasteiger partial charge on any atom is 0.327 e. The number of anilines is 2. The predicted octanol–water partition coefficient (Wildman–Crippen LogP) is 3.62. The lowest BCUT2D eigenvalue weighted by atomic mass is 9.74. The molecule has 232 valence electrons. The fraction of sp³-hybridized carbons (Fsp3) is 0.355. The van der Waals surface area contributed by atoms with E-state index < -0.39 is 39.4 Å². The monoisotopic (exact) mass is 619 g/mol. The van der Waals surface area contributed by atoms with Crippen LogP contribution in [0.3, 0.4) is 0 Å². The molecule has 0 bridgehead atoms. The number of sulfonamides is 1. The number of carboxylic acids is 1. The van der Waals surface area contributed by atoms with Crippen molar-refractivity contribution in [1.29, 1.82) is 0 Å². The predicted molar refractivity (Wildman–Crippen MR) is 168 cm³/mol. The summed E-state index contributed by atoms with van der Waals surface area (Å²) in [6.07, 6.45) is 3.51. The fourth-order valence-corrected chi connectivity index (χ4v) is 6.87. The van der Waals surface area contributed by atoms with Gasteiger partial charge in [-0.15, -0.1) is 0 Å². The topological polar surface area (TPSA) is 169 Å². The summed E-state index contributed by atoms with van der Waals surface area (Å²) < 4.78 is 28.7. The van der Waals surface area contributed by atoms with E-state index in [4.69, 9.17) is 0 Å². The first-order valence-electron chi connectivity index (χ1n) is 14.4. The average molecular weight is 620 g/mol. The molecule has 2 aromatic heterocycles. The summed E-state index contributed by atoms with van der Waals surface area (Å²) in [7, 11) is -4.20. The van der Waals surface area contributed by atoms with Crippen molar-refractivity contribution in [2.45, 2.75) is 50.1 Å². The molecule has 1 atom stereocenters. The van der Waals surface area contributed by atoms with Gasteiger partial charge in [-0.3, -0.25) is 9.59 Å². The number of nitrogens with one attached hydrogen (secondary N) is 4. The summed E-state index contributed by atoms with van der Waals surface area (Å²) in [4.78, 5) is 39.9. The second kappa shape index (κ2) is 12.2. The van der Waals surface area contributed by atoms with Crippen molar-refractivity contribution in [2.75, 3.05) is 29.9 Å². The van der Waals surface area contributed by atoms with Crippen molar-refractivity contribution >= 4 is 44.7 Å². The fourth-order valence-electron chi connectivity index (χ4n) is 5.31. The molecule has 1 amide bonds. The number of hydrogen-bond acceptors (Lipinski definition) is 8. The number of pyridine rings is 1. The zero-order valence-corrected chi connectivity index (χ0v) is 25.7.